The molecule has 172 valence electrons. The highest BCUT2D eigenvalue weighted by atomic mass is 16.5. The van der Waals surface area contributed by atoms with Crippen LogP contribution >= 0.6 is 0 Å². The fourth-order valence-corrected chi connectivity index (χ4v) is 4.61. The number of morpholine rings is 1. The van der Waals surface area contributed by atoms with Crippen LogP contribution in [0.25, 0.3) is 0 Å². The molecule has 2 aromatic carbocycles. The maximum absolute atomic E-state index is 6.16. The summed E-state index contributed by atoms with van der Waals surface area (Å²) in [4.78, 5) is 9.82. The van der Waals surface area contributed by atoms with Gasteiger partial charge in [0.1, 0.15) is 0 Å². The highest BCUT2D eigenvalue weighted by Crippen LogP contribution is 2.31. The number of aliphatic imine (C=N–C) groups is 1. The quantitative estimate of drug-likeness (QED) is 0.530. The van der Waals surface area contributed by atoms with Gasteiger partial charge < -0.3 is 24.4 Å². The van der Waals surface area contributed by atoms with Crippen LogP contribution in [0.15, 0.2) is 53.5 Å². The summed E-state index contributed by atoms with van der Waals surface area (Å²) in [6, 6.07) is 16.9. The number of nitrogens with zero attached hydrogens (tertiary/aromatic N) is 3. The molecule has 2 aromatic rings. The van der Waals surface area contributed by atoms with Gasteiger partial charge in [-0.05, 0) is 18.6 Å². The number of hydrogen-bond donors (Lipinski definition) is 1. The van der Waals surface area contributed by atoms with E-state index in [4.69, 9.17) is 19.2 Å². The molecule has 7 nitrogen and oxygen atoms in total. The number of para-hydroxylation sites is 1. The van der Waals surface area contributed by atoms with Gasteiger partial charge in [0.05, 0.1) is 39.5 Å². The molecule has 7 heteroatoms. The lowest BCUT2D eigenvalue weighted by Crippen LogP contribution is -2.50. The molecule has 0 amide bonds. The summed E-state index contributed by atoms with van der Waals surface area (Å²) < 4.78 is 17.2. The van der Waals surface area contributed by atoms with Crippen molar-refractivity contribution in [3.63, 3.8) is 0 Å². The van der Waals surface area contributed by atoms with E-state index in [0.717, 1.165) is 62.4 Å². The first-order chi connectivity index (χ1) is 15.7. The third-order valence-electron chi connectivity index (χ3n) is 6.16. The lowest BCUT2D eigenvalue weighted by Gasteiger charge is -2.36. The van der Waals surface area contributed by atoms with Gasteiger partial charge in [-0.3, -0.25) is 4.90 Å². The smallest absolute Gasteiger partial charge is 0.194 e. The Balaban J connectivity index is 1.49. The van der Waals surface area contributed by atoms with Crippen molar-refractivity contribution in [3.05, 3.63) is 59.7 Å². The summed E-state index contributed by atoms with van der Waals surface area (Å²) in [5.41, 5.74) is 2.35. The zero-order valence-electron chi connectivity index (χ0n) is 19.3. The molecule has 2 heterocycles. The summed E-state index contributed by atoms with van der Waals surface area (Å²) in [7, 11) is 3.32. The normalized spacial score (nSPS) is 21.3. The first kappa shape index (κ1) is 22.4. The van der Waals surface area contributed by atoms with Gasteiger partial charge in [-0.15, -0.1) is 0 Å². The highest BCUT2D eigenvalue weighted by Gasteiger charge is 2.41. The average Bonchev–Trinajstić information content (AvgIpc) is 3.27. The van der Waals surface area contributed by atoms with E-state index in [9.17, 15) is 0 Å². The molecule has 0 aliphatic carbocycles. The maximum atomic E-state index is 6.16. The summed E-state index contributed by atoms with van der Waals surface area (Å²) in [6.07, 6.45) is 0.197. The summed E-state index contributed by atoms with van der Waals surface area (Å²) in [6.45, 7) is 7.86. The van der Waals surface area contributed by atoms with Crippen molar-refractivity contribution in [3.8, 4) is 11.5 Å². The van der Waals surface area contributed by atoms with Gasteiger partial charge in [0.25, 0.3) is 0 Å². The van der Waals surface area contributed by atoms with Gasteiger partial charge in [0, 0.05) is 38.3 Å². The molecule has 2 aliphatic rings. The Morgan fingerprint density at radius 2 is 1.94 bits per heavy atom. The minimum Gasteiger partial charge on any atom is -0.493 e. The van der Waals surface area contributed by atoms with Crippen LogP contribution in [-0.4, -0.2) is 74.9 Å². The van der Waals surface area contributed by atoms with Gasteiger partial charge in [0.2, 0.25) is 0 Å². The topological polar surface area (TPSA) is 58.6 Å². The number of guanidine groups is 1. The van der Waals surface area contributed by atoms with Crippen molar-refractivity contribution in [2.45, 2.75) is 32.2 Å². The van der Waals surface area contributed by atoms with Crippen LogP contribution in [0, 0.1) is 0 Å². The second kappa shape index (κ2) is 10.7. The molecule has 2 fully saturated rings. The number of fused-ring (bicyclic) bond motifs is 1. The van der Waals surface area contributed by atoms with E-state index in [1.807, 2.05) is 18.2 Å². The van der Waals surface area contributed by atoms with Crippen LogP contribution in [0.2, 0.25) is 0 Å². The number of ether oxygens (including phenoxy) is 3. The Labute approximate surface area is 191 Å². The minimum atomic E-state index is 0.197. The summed E-state index contributed by atoms with van der Waals surface area (Å²) in [5, 5.41) is 3.46. The van der Waals surface area contributed by atoms with Gasteiger partial charge in [-0.25, -0.2) is 4.99 Å². The predicted molar refractivity (Wildman–Crippen MR) is 126 cm³/mol. The largest absolute Gasteiger partial charge is 0.493 e. The maximum Gasteiger partial charge on any atom is 0.194 e. The van der Waals surface area contributed by atoms with E-state index >= 15 is 0 Å². The van der Waals surface area contributed by atoms with E-state index in [2.05, 4.69) is 52.4 Å². The average molecular weight is 439 g/mol. The molecule has 0 bridgehead atoms. The van der Waals surface area contributed by atoms with Crippen LogP contribution < -0.4 is 14.8 Å². The molecular weight excluding hydrogens is 404 g/mol. The minimum absolute atomic E-state index is 0.197. The fourth-order valence-electron chi connectivity index (χ4n) is 4.61. The first-order valence-corrected chi connectivity index (χ1v) is 11.4. The van der Waals surface area contributed by atoms with Gasteiger partial charge >= 0.3 is 0 Å². The third kappa shape index (κ3) is 5.00. The van der Waals surface area contributed by atoms with E-state index in [1.54, 1.807) is 14.2 Å². The number of rotatable bonds is 7. The fraction of sp³-hybridized carbons (Fsp3) is 0.480. The molecular formula is C25H34N4O3. The standard InChI is InChI=1S/C25H34N4O3/c1-4-26-25(27-15-20-11-8-12-22(30-2)24(20)31-3)29-17-21-23(18-29)32-14-13-28(21)16-19-9-6-5-7-10-19/h5-12,21,23H,4,13-18H2,1-3H3,(H,26,27). The molecule has 1 N–H and O–H groups in total. The second-order valence-corrected chi connectivity index (χ2v) is 8.16. The Kier molecular flexibility index (Phi) is 7.50. The van der Waals surface area contributed by atoms with Crippen molar-refractivity contribution in [2.75, 3.05) is 47.0 Å². The molecule has 2 saturated heterocycles. The van der Waals surface area contributed by atoms with Crippen molar-refractivity contribution < 1.29 is 14.2 Å². The van der Waals surface area contributed by atoms with E-state index in [1.165, 1.54) is 5.56 Å². The second-order valence-electron chi connectivity index (χ2n) is 8.16. The molecule has 0 saturated carbocycles. The zero-order chi connectivity index (χ0) is 22.3. The van der Waals surface area contributed by atoms with Crippen molar-refractivity contribution in [2.24, 2.45) is 4.99 Å². The Bertz CT molecular complexity index is 905. The highest BCUT2D eigenvalue weighted by molar-refractivity contribution is 5.80. The van der Waals surface area contributed by atoms with Crippen LogP contribution in [0.5, 0.6) is 11.5 Å². The number of hydrogen-bond acceptors (Lipinski definition) is 5. The summed E-state index contributed by atoms with van der Waals surface area (Å²) in [5.74, 6) is 2.37. The van der Waals surface area contributed by atoms with Gasteiger partial charge in [0.15, 0.2) is 17.5 Å². The predicted octanol–water partition coefficient (Wildman–Crippen LogP) is 2.75. The van der Waals surface area contributed by atoms with E-state index in [0.29, 0.717) is 12.6 Å². The Morgan fingerprint density at radius 1 is 1.09 bits per heavy atom. The van der Waals surface area contributed by atoms with E-state index in [-0.39, 0.29) is 6.10 Å². The monoisotopic (exact) mass is 438 g/mol. The lowest BCUT2D eigenvalue weighted by atomic mass is 10.1. The van der Waals surface area contributed by atoms with Gasteiger partial charge in [-0.2, -0.15) is 0 Å². The zero-order valence-corrected chi connectivity index (χ0v) is 19.3. The number of likely N-dealkylation sites (tertiary alicyclic amines) is 1. The number of nitrogens with one attached hydrogen (secondary N) is 1. The molecule has 2 atom stereocenters. The van der Waals surface area contributed by atoms with Crippen molar-refractivity contribution in [1.82, 2.24) is 15.1 Å². The van der Waals surface area contributed by atoms with Crippen LogP contribution in [0.4, 0.5) is 0 Å². The molecule has 0 spiro atoms. The van der Waals surface area contributed by atoms with Crippen molar-refractivity contribution in [1.29, 1.82) is 0 Å². The molecule has 0 aromatic heterocycles. The molecule has 2 aliphatic heterocycles. The van der Waals surface area contributed by atoms with Gasteiger partial charge in [-0.1, -0.05) is 42.5 Å². The molecule has 32 heavy (non-hydrogen) atoms. The lowest BCUT2D eigenvalue weighted by molar-refractivity contribution is -0.0502. The summed E-state index contributed by atoms with van der Waals surface area (Å²) >= 11 is 0. The van der Waals surface area contributed by atoms with Crippen LogP contribution in [0.1, 0.15) is 18.1 Å². The Morgan fingerprint density at radius 3 is 2.69 bits per heavy atom. The third-order valence-corrected chi connectivity index (χ3v) is 6.16. The van der Waals surface area contributed by atoms with E-state index < -0.39 is 0 Å². The molecule has 2 unspecified atom stereocenters. The number of methoxy groups -OCH3 is 2. The Hall–Kier alpha value is -2.77. The first-order valence-electron chi connectivity index (χ1n) is 11.4. The number of benzene rings is 2. The van der Waals surface area contributed by atoms with Crippen molar-refractivity contribution >= 4 is 5.96 Å². The molecule has 0 radical (unpaired) electrons. The van der Waals surface area contributed by atoms with Crippen LogP contribution in [0.3, 0.4) is 0 Å². The van der Waals surface area contributed by atoms with Crippen LogP contribution in [-0.2, 0) is 17.8 Å². The molecule has 4 rings (SSSR count). The SMILES string of the molecule is CCNC(=NCc1cccc(OC)c1OC)N1CC2OCCN(Cc3ccccc3)C2C1.